The first-order chi connectivity index (χ1) is 9.99. The zero-order chi connectivity index (χ0) is 15.8. The molecule has 0 saturated carbocycles. The Hall–Kier alpha value is 0.0500. The van der Waals surface area contributed by atoms with Gasteiger partial charge in [0.2, 0.25) is 0 Å². The predicted octanol–water partition coefficient (Wildman–Crippen LogP) is 7.62. The molecule has 1 rings (SSSR count). The smallest absolute Gasteiger partial charge is 0.165 e. The van der Waals surface area contributed by atoms with Gasteiger partial charge in [-0.2, -0.15) is 0 Å². The van der Waals surface area contributed by atoms with Gasteiger partial charge in [-0.25, -0.2) is 0 Å². The molecule has 0 aromatic heterocycles. The summed E-state index contributed by atoms with van der Waals surface area (Å²) in [6.45, 7) is 2.20. The van der Waals surface area contributed by atoms with Crippen molar-refractivity contribution < 1.29 is 4.79 Å². The van der Waals surface area contributed by atoms with Crippen molar-refractivity contribution in [1.82, 2.24) is 0 Å². The van der Waals surface area contributed by atoms with Crippen LogP contribution in [0.3, 0.4) is 0 Å². The Morgan fingerprint density at radius 3 is 2.05 bits per heavy atom. The lowest BCUT2D eigenvalue weighted by Gasteiger charge is -2.09. The lowest BCUT2D eigenvalue weighted by atomic mass is 10.0. The normalized spacial score (nSPS) is 10.9. The highest BCUT2D eigenvalue weighted by molar-refractivity contribution is 6.51. The number of carbonyl (C=O) groups is 1. The predicted molar refractivity (Wildman–Crippen MR) is 93.4 cm³/mol. The van der Waals surface area contributed by atoms with Crippen LogP contribution in [0.25, 0.3) is 0 Å². The van der Waals surface area contributed by atoms with Crippen LogP contribution in [0.1, 0.15) is 68.6 Å². The van der Waals surface area contributed by atoms with E-state index < -0.39 is 0 Å². The van der Waals surface area contributed by atoms with Crippen molar-refractivity contribution >= 4 is 52.2 Å². The van der Waals surface area contributed by atoms with Crippen LogP contribution in [0.5, 0.6) is 0 Å². The molecular weight excluding hydrogens is 350 g/mol. The number of benzene rings is 1. The van der Waals surface area contributed by atoms with Gasteiger partial charge in [-0.15, -0.1) is 0 Å². The highest BCUT2D eigenvalue weighted by Gasteiger charge is 2.19. The number of halogens is 4. The van der Waals surface area contributed by atoms with Crippen molar-refractivity contribution in [1.29, 1.82) is 0 Å². The largest absolute Gasteiger partial charge is 0.294 e. The molecule has 0 amide bonds. The van der Waals surface area contributed by atoms with Crippen LogP contribution in [0, 0.1) is 0 Å². The summed E-state index contributed by atoms with van der Waals surface area (Å²) in [5.74, 6) is -0.0721. The maximum absolute atomic E-state index is 12.2. The quantitative estimate of drug-likeness (QED) is 0.189. The topological polar surface area (TPSA) is 17.1 Å². The van der Waals surface area contributed by atoms with Gasteiger partial charge >= 0.3 is 0 Å². The molecule has 0 N–H and O–H groups in total. The molecule has 1 aromatic carbocycles. The first-order valence-corrected chi connectivity index (χ1v) is 8.86. The standard InChI is InChI=1S/C16H20Cl4O/c1-2-3-4-5-6-7-8-9-13(21)14-11(17)10-12(18)15(19)16(14)20/h10H,2-9H2,1H3. The molecule has 0 aliphatic carbocycles. The molecule has 0 spiro atoms. The van der Waals surface area contributed by atoms with Crippen LogP contribution in [-0.4, -0.2) is 5.78 Å². The second-order valence-corrected chi connectivity index (χ2v) is 6.71. The first kappa shape index (κ1) is 19.1. The monoisotopic (exact) mass is 368 g/mol. The van der Waals surface area contributed by atoms with Crippen molar-refractivity contribution in [2.45, 2.75) is 58.3 Å². The van der Waals surface area contributed by atoms with Gasteiger partial charge in [0.15, 0.2) is 5.78 Å². The molecule has 0 bridgehead atoms. The Morgan fingerprint density at radius 2 is 1.43 bits per heavy atom. The minimum Gasteiger partial charge on any atom is -0.294 e. The Balaban J connectivity index is 2.48. The van der Waals surface area contributed by atoms with E-state index in [2.05, 4.69) is 6.92 Å². The fourth-order valence-electron chi connectivity index (χ4n) is 2.19. The molecule has 0 saturated heterocycles. The molecule has 0 radical (unpaired) electrons. The van der Waals surface area contributed by atoms with Crippen LogP contribution in [0.4, 0.5) is 0 Å². The van der Waals surface area contributed by atoms with E-state index in [0.29, 0.717) is 12.0 Å². The third-order valence-corrected chi connectivity index (χ3v) is 4.96. The minimum atomic E-state index is -0.0721. The third kappa shape index (κ3) is 5.98. The van der Waals surface area contributed by atoms with Crippen molar-refractivity contribution in [3.05, 3.63) is 31.7 Å². The van der Waals surface area contributed by atoms with E-state index in [0.717, 1.165) is 19.3 Å². The molecule has 1 aromatic rings. The molecule has 0 heterocycles. The van der Waals surface area contributed by atoms with Gasteiger partial charge in [0, 0.05) is 6.42 Å². The summed E-state index contributed by atoms with van der Waals surface area (Å²) >= 11 is 24.0. The van der Waals surface area contributed by atoms with Crippen LogP contribution in [0.2, 0.25) is 20.1 Å². The molecule has 0 unspecified atom stereocenters. The average Bonchev–Trinajstić information content (AvgIpc) is 2.44. The number of Topliss-reactive ketones (excluding diaryl/α,β-unsaturated/α-hetero) is 1. The van der Waals surface area contributed by atoms with E-state index in [-0.39, 0.29) is 25.9 Å². The Morgan fingerprint density at radius 1 is 0.857 bits per heavy atom. The van der Waals surface area contributed by atoms with Gasteiger partial charge in [0.25, 0.3) is 0 Å². The van der Waals surface area contributed by atoms with Crippen LogP contribution in [-0.2, 0) is 0 Å². The zero-order valence-corrected chi connectivity index (χ0v) is 15.2. The van der Waals surface area contributed by atoms with E-state index in [1.54, 1.807) is 0 Å². The number of hydrogen-bond acceptors (Lipinski definition) is 1. The second-order valence-electron chi connectivity index (χ2n) is 5.14. The van der Waals surface area contributed by atoms with Crippen molar-refractivity contribution in [3.63, 3.8) is 0 Å². The first-order valence-electron chi connectivity index (χ1n) is 7.35. The van der Waals surface area contributed by atoms with Gasteiger partial charge in [-0.05, 0) is 12.5 Å². The van der Waals surface area contributed by atoms with Crippen molar-refractivity contribution in [3.8, 4) is 0 Å². The Bertz CT molecular complexity index is 486. The van der Waals surface area contributed by atoms with Gasteiger partial charge in [0.1, 0.15) is 0 Å². The molecular formula is C16H20Cl4O. The number of carbonyl (C=O) groups excluding carboxylic acids is 1. The Kier molecular flexibility index (Phi) is 9.04. The number of rotatable bonds is 9. The maximum atomic E-state index is 12.2. The molecule has 118 valence electrons. The average molecular weight is 370 g/mol. The lowest BCUT2D eigenvalue weighted by Crippen LogP contribution is -2.02. The van der Waals surface area contributed by atoms with Crippen LogP contribution in [0.15, 0.2) is 6.07 Å². The Labute approximate surface area is 146 Å². The number of unbranched alkanes of at least 4 members (excludes halogenated alkanes) is 6. The summed E-state index contributed by atoms with van der Waals surface area (Å²) in [5, 5.41) is 0.870. The molecule has 1 nitrogen and oxygen atoms in total. The van der Waals surface area contributed by atoms with E-state index in [1.807, 2.05) is 0 Å². The van der Waals surface area contributed by atoms with Crippen LogP contribution >= 0.6 is 46.4 Å². The van der Waals surface area contributed by atoms with Crippen molar-refractivity contribution in [2.75, 3.05) is 0 Å². The third-order valence-electron chi connectivity index (χ3n) is 3.40. The van der Waals surface area contributed by atoms with Crippen LogP contribution < -0.4 is 0 Å². The number of ketones is 1. The molecule has 21 heavy (non-hydrogen) atoms. The number of hydrogen-bond donors (Lipinski definition) is 0. The zero-order valence-electron chi connectivity index (χ0n) is 12.2. The SMILES string of the molecule is CCCCCCCCCC(=O)c1c(Cl)cc(Cl)c(Cl)c1Cl. The van der Waals surface area contributed by atoms with Gasteiger partial charge in [-0.1, -0.05) is 91.9 Å². The maximum Gasteiger partial charge on any atom is 0.165 e. The lowest BCUT2D eigenvalue weighted by molar-refractivity contribution is 0.0979. The highest BCUT2D eigenvalue weighted by Crippen LogP contribution is 2.38. The molecule has 0 aliphatic heterocycles. The van der Waals surface area contributed by atoms with Gasteiger partial charge < -0.3 is 0 Å². The summed E-state index contributed by atoms with van der Waals surface area (Å²) in [6.07, 6.45) is 8.52. The minimum absolute atomic E-state index is 0.0721. The van der Waals surface area contributed by atoms with Crippen molar-refractivity contribution in [2.24, 2.45) is 0 Å². The molecule has 0 aliphatic rings. The summed E-state index contributed by atoms with van der Waals surface area (Å²) in [6, 6.07) is 1.47. The fourth-order valence-corrected chi connectivity index (χ4v) is 3.31. The summed E-state index contributed by atoms with van der Waals surface area (Å²) in [4.78, 5) is 12.2. The summed E-state index contributed by atoms with van der Waals surface area (Å²) in [7, 11) is 0. The van der Waals surface area contributed by atoms with E-state index in [4.69, 9.17) is 46.4 Å². The van der Waals surface area contributed by atoms with E-state index in [9.17, 15) is 4.79 Å². The van der Waals surface area contributed by atoms with Gasteiger partial charge in [-0.3, -0.25) is 4.79 Å². The highest BCUT2D eigenvalue weighted by atomic mass is 35.5. The van der Waals surface area contributed by atoms with E-state index in [1.165, 1.54) is 31.7 Å². The van der Waals surface area contributed by atoms with Gasteiger partial charge in [0.05, 0.1) is 25.7 Å². The summed E-state index contributed by atoms with van der Waals surface area (Å²) < 4.78 is 0. The molecule has 5 heteroatoms. The second kappa shape index (κ2) is 9.94. The summed E-state index contributed by atoms with van der Waals surface area (Å²) in [5.41, 5.74) is 0.290. The fraction of sp³-hybridized carbons (Fsp3) is 0.562. The van der Waals surface area contributed by atoms with E-state index >= 15 is 0 Å². The molecule has 0 atom stereocenters. The molecule has 0 fully saturated rings.